The average molecular weight is 612 g/mol. The van der Waals surface area contributed by atoms with Crippen molar-refractivity contribution >= 4 is 5.91 Å². The van der Waals surface area contributed by atoms with Crippen molar-refractivity contribution in [3.05, 3.63) is 72.9 Å². The van der Waals surface area contributed by atoms with Crippen LogP contribution >= 0.6 is 0 Å². The Morgan fingerprint density at radius 2 is 1.02 bits per heavy atom. The largest absolute Gasteiger partial charge is 0.394 e. The fourth-order valence-corrected chi connectivity index (χ4v) is 4.89. The molecule has 0 aliphatic carbocycles. The van der Waals surface area contributed by atoms with Crippen LogP contribution in [0.3, 0.4) is 0 Å². The molecule has 0 fully saturated rings. The minimum Gasteiger partial charge on any atom is -0.394 e. The molecule has 44 heavy (non-hydrogen) atoms. The molecule has 0 rings (SSSR count). The van der Waals surface area contributed by atoms with E-state index in [1.807, 2.05) is 6.08 Å². The Balaban J connectivity index is 3.77. The lowest BCUT2D eigenvalue weighted by Gasteiger charge is -2.19. The molecule has 0 saturated heterocycles. The summed E-state index contributed by atoms with van der Waals surface area (Å²) in [5.41, 5.74) is 0. The van der Waals surface area contributed by atoms with E-state index in [1.165, 1.54) is 57.8 Å². The summed E-state index contributed by atoms with van der Waals surface area (Å²) in [6.07, 6.45) is 49.8. The van der Waals surface area contributed by atoms with E-state index in [0.717, 1.165) is 77.0 Å². The lowest BCUT2D eigenvalue weighted by atomic mass is 10.1. The van der Waals surface area contributed by atoms with Gasteiger partial charge in [0.2, 0.25) is 5.91 Å². The van der Waals surface area contributed by atoms with Crippen LogP contribution in [0.25, 0.3) is 0 Å². The van der Waals surface area contributed by atoms with Gasteiger partial charge in [-0.15, -0.1) is 0 Å². The van der Waals surface area contributed by atoms with Gasteiger partial charge in [0.05, 0.1) is 18.8 Å². The number of carbonyl (C=O) groups is 1. The van der Waals surface area contributed by atoms with Crippen molar-refractivity contribution < 1.29 is 15.0 Å². The van der Waals surface area contributed by atoms with Gasteiger partial charge in [-0.3, -0.25) is 4.79 Å². The first kappa shape index (κ1) is 41.8. The highest BCUT2D eigenvalue weighted by atomic mass is 16.3. The quantitative estimate of drug-likeness (QED) is 0.0539. The maximum atomic E-state index is 12.3. The molecule has 0 heterocycles. The summed E-state index contributed by atoms with van der Waals surface area (Å²) >= 11 is 0. The topological polar surface area (TPSA) is 69.6 Å². The second kappa shape index (κ2) is 35.3. The Hall–Kier alpha value is -2.17. The van der Waals surface area contributed by atoms with Crippen LogP contribution in [0.4, 0.5) is 0 Å². The normalized spacial score (nSPS) is 14.0. The molecule has 0 spiro atoms. The maximum Gasteiger partial charge on any atom is 0.220 e. The zero-order chi connectivity index (χ0) is 32.2. The van der Waals surface area contributed by atoms with Gasteiger partial charge in [-0.2, -0.15) is 0 Å². The van der Waals surface area contributed by atoms with Crippen LogP contribution in [0.15, 0.2) is 72.9 Å². The molecule has 0 bridgehead atoms. The van der Waals surface area contributed by atoms with Gasteiger partial charge in [0.15, 0.2) is 0 Å². The molecular weight excluding hydrogens is 542 g/mol. The van der Waals surface area contributed by atoms with Crippen molar-refractivity contribution in [1.29, 1.82) is 0 Å². The summed E-state index contributed by atoms with van der Waals surface area (Å²) in [6.45, 7) is 4.14. The molecule has 2 unspecified atom stereocenters. The highest BCUT2D eigenvalue weighted by Gasteiger charge is 2.17. The molecule has 0 aromatic heterocycles. The predicted octanol–water partition coefficient (Wildman–Crippen LogP) is 10.8. The molecule has 1 amide bonds. The molecule has 0 aromatic rings. The molecule has 4 nitrogen and oxygen atoms in total. The van der Waals surface area contributed by atoms with E-state index < -0.39 is 12.1 Å². The monoisotopic (exact) mass is 612 g/mol. The summed E-state index contributed by atoms with van der Waals surface area (Å²) in [5.74, 6) is -0.102. The Bertz CT molecular complexity index is 792. The molecule has 0 aliphatic rings. The van der Waals surface area contributed by atoms with Crippen LogP contribution in [-0.4, -0.2) is 34.9 Å². The number of aliphatic hydroxyl groups is 2. The molecule has 0 aromatic carbocycles. The predicted molar refractivity (Wildman–Crippen MR) is 193 cm³/mol. The highest BCUT2D eigenvalue weighted by Crippen LogP contribution is 2.11. The van der Waals surface area contributed by atoms with Crippen molar-refractivity contribution in [2.24, 2.45) is 0 Å². The number of allylic oxidation sites excluding steroid dienone is 11. The molecule has 0 aliphatic heterocycles. The number of rotatable bonds is 31. The molecule has 0 saturated carbocycles. The van der Waals surface area contributed by atoms with Crippen molar-refractivity contribution in [2.45, 2.75) is 167 Å². The van der Waals surface area contributed by atoms with Crippen LogP contribution < -0.4 is 5.32 Å². The van der Waals surface area contributed by atoms with E-state index in [0.29, 0.717) is 6.42 Å². The van der Waals surface area contributed by atoms with Crippen LogP contribution in [0.1, 0.15) is 155 Å². The second-order valence-electron chi connectivity index (χ2n) is 11.9. The minimum absolute atomic E-state index is 0.102. The van der Waals surface area contributed by atoms with Gasteiger partial charge in [0.1, 0.15) is 0 Å². The van der Waals surface area contributed by atoms with E-state index in [2.05, 4.69) is 79.9 Å². The summed E-state index contributed by atoms with van der Waals surface area (Å²) in [6, 6.07) is -0.654. The van der Waals surface area contributed by atoms with Gasteiger partial charge in [0.25, 0.3) is 0 Å². The zero-order valence-corrected chi connectivity index (χ0v) is 28.6. The number of amides is 1. The lowest BCUT2D eigenvalue weighted by Crippen LogP contribution is -2.45. The van der Waals surface area contributed by atoms with E-state index in [4.69, 9.17) is 0 Å². The number of carbonyl (C=O) groups excluding carboxylic acids is 1. The van der Waals surface area contributed by atoms with Crippen LogP contribution in [0, 0.1) is 0 Å². The maximum absolute atomic E-state index is 12.3. The van der Waals surface area contributed by atoms with Gasteiger partial charge < -0.3 is 15.5 Å². The van der Waals surface area contributed by atoms with E-state index in [9.17, 15) is 15.0 Å². The molecular formula is C40H69NO3. The van der Waals surface area contributed by atoms with Gasteiger partial charge in [-0.25, -0.2) is 0 Å². The number of hydrogen-bond donors (Lipinski definition) is 3. The Morgan fingerprint density at radius 3 is 1.59 bits per heavy atom. The molecule has 2 atom stereocenters. The Morgan fingerprint density at radius 1 is 0.568 bits per heavy atom. The summed E-state index contributed by atoms with van der Waals surface area (Å²) in [4.78, 5) is 12.3. The first-order valence-electron chi connectivity index (χ1n) is 18.2. The molecule has 4 heteroatoms. The highest BCUT2D eigenvalue weighted by molar-refractivity contribution is 5.76. The Labute approximate surface area is 272 Å². The summed E-state index contributed by atoms with van der Waals surface area (Å²) in [7, 11) is 0. The van der Waals surface area contributed by atoms with E-state index in [1.54, 1.807) is 6.08 Å². The fourth-order valence-electron chi connectivity index (χ4n) is 4.89. The van der Waals surface area contributed by atoms with Crippen molar-refractivity contribution in [1.82, 2.24) is 5.32 Å². The van der Waals surface area contributed by atoms with E-state index >= 15 is 0 Å². The van der Waals surface area contributed by atoms with Crippen LogP contribution in [0.5, 0.6) is 0 Å². The Kier molecular flexibility index (Phi) is 33.6. The van der Waals surface area contributed by atoms with Gasteiger partial charge in [0, 0.05) is 6.42 Å². The number of nitrogens with one attached hydrogen (secondary N) is 1. The average Bonchev–Trinajstić information content (AvgIpc) is 3.03. The summed E-state index contributed by atoms with van der Waals surface area (Å²) < 4.78 is 0. The standard InChI is InChI=1S/C40H69NO3/c1-3-5-7-9-11-13-15-17-19-20-22-24-26-28-30-32-34-36-40(44)41-38(37-42)39(43)35-33-31-29-27-25-23-21-18-16-14-12-10-8-6-4-2/h5,7,11,13,17,19,22,24-25,27,33,35,38-39,42-43H,3-4,6,8-10,12,14-16,18,20-21,23,26,28-32,34,36-37H2,1-2H3,(H,41,44)/b7-5-,13-11-,19-17-,24-22-,27-25+,35-33+. The smallest absolute Gasteiger partial charge is 0.220 e. The molecule has 3 N–H and O–H groups in total. The second-order valence-corrected chi connectivity index (χ2v) is 11.9. The van der Waals surface area contributed by atoms with Crippen molar-refractivity contribution in [3.63, 3.8) is 0 Å². The molecule has 0 radical (unpaired) electrons. The number of hydrogen-bond acceptors (Lipinski definition) is 3. The van der Waals surface area contributed by atoms with Crippen molar-refractivity contribution in [3.8, 4) is 0 Å². The minimum atomic E-state index is -0.874. The van der Waals surface area contributed by atoms with Crippen molar-refractivity contribution in [2.75, 3.05) is 6.61 Å². The van der Waals surface area contributed by atoms with E-state index in [-0.39, 0.29) is 12.5 Å². The first-order valence-corrected chi connectivity index (χ1v) is 18.2. The lowest BCUT2D eigenvalue weighted by molar-refractivity contribution is -0.123. The first-order chi connectivity index (χ1) is 21.7. The SMILES string of the molecule is CC/C=C\C/C=C\C/C=C\C/C=C\CCCCCCC(=O)NC(CO)C(O)/C=C/CC/C=C/CCCCCCCCCCC. The zero-order valence-electron chi connectivity index (χ0n) is 28.6. The fraction of sp³-hybridized carbons (Fsp3) is 0.675. The third-order valence-corrected chi connectivity index (χ3v) is 7.67. The number of aliphatic hydroxyl groups excluding tert-OH is 2. The van der Waals surface area contributed by atoms with Gasteiger partial charge >= 0.3 is 0 Å². The number of unbranched alkanes of at least 4 members (excludes halogenated alkanes) is 14. The summed E-state index contributed by atoms with van der Waals surface area (Å²) in [5, 5.41) is 22.8. The third kappa shape index (κ3) is 31.3. The third-order valence-electron chi connectivity index (χ3n) is 7.67. The van der Waals surface area contributed by atoms with Crippen LogP contribution in [-0.2, 0) is 4.79 Å². The van der Waals surface area contributed by atoms with Gasteiger partial charge in [-0.05, 0) is 70.6 Å². The molecule has 252 valence electrons. The van der Waals surface area contributed by atoms with Gasteiger partial charge in [-0.1, -0.05) is 151 Å². The van der Waals surface area contributed by atoms with Crippen LogP contribution in [0.2, 0.25) is 0 Å².